The smallest absolute Gasteiger partial charge is 0.339 e. The van der Waals surface area contributed by atoms with E-state index in [0.29, 0.717) is 47.3 Å². The number of H-pyrrole nitrogens is 1. The molecule has 184 valence electrons. The van der Waals surface area contributed by atoms with E-state index in [-0.39, 0.29) is 23.5 Å². The normalized spacial score (nSPS) is 12.6. The predicted octanol–water partition coefficient (Wildman–Crippen LogP) is 4.85. The van der Waals surface area contributed by atoms with Gasteiger partial charge in [-0.1, -0.05) is 18.1 Å². The number of nitrogens with one attached hydrogen (secondary N) is 1. The van der Waals surface area contributed by atoms with Crippen LogP contribution in [0.1, 0.15) is 40.9 Å². The Balaban J connectivity index is 1.31. The van der Waals surface area contributed by atoms with Crippen molar-refractivity contribution in [1.29, 1.82) is 0 Å². The number of aromatic amines is 1. The Kier molecular flexibility index (Phi) is 6.19. The molecule has 2 aromatic carbocycles. The van der Waals surface area contributed by atoms with Crippen molar-refractivity contribution in [3.63, 3.8) is 0 Å². The van der Waals surface area contributed by atoms with Crippen LogP contribution in [0.2, 0.25) is 0 Å². The van der Waals surface area contributed by atoms with Gasteiger partial charge in [0.05, 0.1) is 42.9 Å². The summed E-state index contributed by atoms with van der Waals surface area (Å²) in [6.45, 7) is 2.93. The highest BCUT2D eigenvalue weighted by molar-refractivity contribution is 5.92. The van der Waals surface area contributed by atoms with Crippen molar-refractivity contribution in [3.05, 3.63) is 76.8 Å². The maximum absolute atomic E-state index is 14.2. The van der Waals surface area contributed by atoms with Crippen molar-refractivity contribution in [2.75, 3.05) is 6.61 Å². The number of benzene rings is 2. The average Bonchev–Trinajstić information content (AvgIpc) is 3.51. The van der Waals surface area contributed by atoms with Gasteiger partial charge in [-0.05, 0) is 36.8 Å². The zero-order chi connectivity index (χ0) is 25.2. The molecule has 0 bridgehead atoms. The fraction of sp³-hybridized carbons (Fsp3) is 0.200. The molecule has 3 heterocycles. The van der Waals surface area contributed by atoms with E-state index in [1.807, 2.05) is 6.92 Å². The van der Waals surface area contributed by atoms with Gasteiger partial charge < -0.3 is 19.4 Å². The van der Waals surface area contributed by atoms with Gasteiger partial charge in [-0.15, -0.1) is 0 Å². The van der Waals surface area contributed by atoms with Crippen LogP contribution in [-0.4, -0.2) is 44.0 Å². The molecule has 0 saturated carbocycles. The third-order valence-electron chi connectivity index (χ3n) is 5.56. The minimum absolute atomic E-state index is 0.0380. The molecule has 0 aliphatic carbocycles. The highest BCUT2D eigenvalue weighted by Crippen LogP contribution is 2.28. The number of hydrogen-bond acceptors (Lipinski definition) is 7. The molecular formula is C25H21F2N5O4. The summed E-state index contributed by atoms with van der Waals surface area (Å²) in [5.74, 6) is -2.00. The molecule has 0 unspecified atom stereocenters. The molecule has 1 aliphatic rings. The van der Waals surface area contributed by atoms with Crippen LogP contribution in [0.4, 0.5) is 8.78 Å². The summed E-state index contributed by atoms with van der Waals surface area (Å²) in [5, 5.41) is 19.7. The number of aromatic nitrogens is 3. The number of imidazole rings is 1. The SMILES string of the molecule is CCCOc1ccc(-c2cc(CN3Cc4nc(-c5cccc(F)c5F)[nH]c4C=N3)on2)cc1C(=O)O. The number of hydrogen-bond donors (Lipinski definition) is 2. The Morgan fingerprint density at radius 3 is 2.92 bits per heavy atom. The van der Waals surface area contributed by atoms with E-state index in [4.69, 9.17) is 9.26 Å². The van der Waals surface area contributed by atoms with E-state index < -0.39 is 17.6 Å². The van der Waals surface area contributed by atoms with E-state index in [1.165, 1.54) is 18.2 Å². The molecule has 9 nitrogen and oxygen atoms in total. The lowest BCUT2D eigenvalue weighted by Gasteiger charge is -2.19. The lowest BCUT2D eigenvalue weighted by molar-refractivity contribution is 0.0692. The summed E-state index contributed by atoms with van der Waals surface area (Å²) in [4.78, 5) is 19.1. The maximum Gasteiger partial charge on any atom is 0.339 e. The van der Waals surface area contributed by atoms with Gasteiger partial charge in [0.2, 0.25) is 0 Å². The molecule has 0 amide bonds. The molecule has 2 aromatic heterocycles. The van der Waals surface area contributed by atoms with Crippen LogP contribution in [0.3, 0.4) is 0 Å². The number of halogens is 2. The standard InChI is InChI=1S/C25H21F2N5O4/c1-2-8-35-22-7-6-14(9-17(22)25(33)34)19-10-15(36-31-19)12-32-13-21-20(11-28-32)29-24(30-21)16-4-3-5-18(26)23(16)27/h3-7,9-11H,2,8,12-13H2,1H3,(H,29,30)(H,33,34). The third kappa shape index (κ3) is 4.54. The van der Waals surface area contributed by atoms with Gasteiger partial charge in [-0.25, -0.2) is 18.6 Å². The van der Waals surface area contributed by atoms with E-state index in [9.17, 15) is 18.7 Å². The fourth-order valence-electron chi connectivity index (χ4n) is 3.81. The topological polar surface area (TPSA) is 117 Å². The van der Waals surface area contributed by atoms with Crippen LogP contribution in [0.5, 0.6) is 5.75 Å². The molecule has 2 N–H and O–H groups in total. The number of rotatable bonds is 8. The van der Waals surface area contributed by atoms with Gasteiger partial charge in [0.1, 0.15) is 22.8 Å². The molecule has 0 spiro atoms. The fourth-order valence-corrected chi connectivity index (χ4v) is 3.81. The number of ether oxygens (including phenoxy) is 1. The van der Waals surface area contributed by atoms with Crippen molar-refractivity contribution >= 4 is 12.2 Å². The molecule has 0 radical (unpaired) electrons. The van der Waals surface area contributed by atoms with Gasteiger partial charge >= 0.3 is 5.97 Å². The lowest BCUT2D eigenvalue weighted by Crippen LogP contribution is -2.21. The average molecular weight is 493 g/mol. The van der Waals surface area contributed by atoms with Crippen molar-refractivity contribution in [2.24, 2.45) is 5.10 Å². The van der Waals surface area contributed by atoms with Gasteiger partial charge in [-0.2, -0.15) is 5.10 Å². The van der Waals surface area contributed by atoms with Crippen molar-refractivity contribution in [2.45, 2.75) is 26.4 Å². The number of fused-ring (bicyclic) bond motifs is 1. The summed E-state index contributed by atoms with van der Waals surface area (Å²) in [7, 11) is 0. The Morgan fingerprint density at radius 2 is 2.11 bits per heavy atom. The van der Waals surface area contributed by atoms with Gasteiger partial charge in [0, 0.05) is 11.6 Å². The second-order valence-corrected chi connectivity index (χ2v) is 8.16. The summed E-state index contributed by atoms with van der Waals surface area (Å²) < 4.78 is 38.7. The number of carboxylic acid groups (broad SMARTS) is 1. The number of carboxylic acids is 1. The van der Waals surface area contributed by atoms with Crippen LogP contribution in [0.15, 0.2) is 52.1 Å². The number of hydrazone groups is 1. The van der Waals surface area contributed by atoms with E-state index in [1.54, 1.807) is 29.4 Å². The first-order chi connectivity index (χ1) is 17.4. The molecular weight excluding hydrogens is 472 g/mol. The minimum atomic E-state index is -1.10. The van der Waals surface area contributed by atoms with Gasteiger partial charge in [0.15, 0.2) is 17.4 Å². The monoisotopic (exact) mass is 493 g/mol. The summed E-state index contributed by atoms with van der Waals surface area (Å²) in [5.41, 5.74) is 2.36. The molecule has 4 aromatic rings. The maximum atomic E-state index is 14.2. The first-order valence-corrected chi connectivity index (χ1v) is 11.2. The Hall–Kier alpha value is -4.54. The Morgan fingerprint density at radius 1 is 1.25 bits per heavy atom. The van der Waals surface area contributed by atoms with Crippen LogP contribution >= 0.6 is 0 Å². The van der Waals surface area contributed by atoms with Crippen LogP contribution < -0.4 is 4.74 Å². The van der Waals surface area contributed by atoms with Crippen LogP contribution in [-0.2, 0) is 13.1 Å². The minimum Gasteiger partial charge on any atom is -0.493 e. The molecule has 11 heteroatoms. The van der Waals surface area contributed by atoms with E-state index >= 15 is 0 Å². The van der Waals surface area contributed by atoms with Gasteiger partial charge in [0.25, 0.3) is 0 Å². The zero-order valence-electron chi connectivity index (χ0n) is 19.2. The van der Waals surface area contributed by atoms with Crippen LogP contribution in [0.25, 0.3) is 22.6 Å². The molecule has 36 heavy (non-hydrogen) atoms. The highest BCUT2D eigenvalue weighted by atomic mass is 19.2. The molecule has 0 fully saturated rings. The third-order valence-corrected chi connectivity index (χ3v) is 5.56. The molecule has 5 rings (SSSR count). The van der Waals surface area contributed by atoms with Crippen molar-refractivity contribution in [3.8, 4) is 28.4 Å². The number of nitrogens with zero attached hydrogens (tertiary/aromatic N) is 4. The zero-order valence-corrected chi connectivity index (χ0v) is 19.2. The first-order valence-electron chi connectivity index (χ1n) is 11.2. The lowest BCUT2D eigenvalue weighted by atomic mass is 10.1. The quantitative estimate of drug-likeness (QED) is 0.360. The summed E-state index contributed by atoms with van der Waals surface area (Å²) >= 11 is 0. The molecule has 1 aliphatic heterocycles. The van der Waals surface area contributed by atoms with Crippen LogP contribution in [0, 0.1) is 11.6 Å². The molecule has 0 saturated heterocycles. The van der Waals surface area contributed by atoms with Crippen molar-refractivity contribution in [1.82, 2.24) is 20.1 Å². The molecule has 0 atom stereocenters. The highest BCUT2D eigenvalue weighted by Gasteiger charge is 2.21. The van der Waals surface area contributed by atoms with Crippen molar-refractivity contribution < 1.29 is 27.9 Å². The Labute approximate surface area is 204 Å². The summed E-state index contributed by atoms with van der Waals surface area (Å²) in [6, 6.07) is 10.5. The largest absolute Gasteiger partial charge is 0.493 e. The Bertz CT molecular complexity index is 1460. The first kappa shape index (κ1) is 23.2. The predicted molar refractivity (Wildman–Crippen MR) is 125 cm³/mol. The van der Waals surface area contributed by atoms with Gasteiger partial charge in [-0.3, -0.25) is 5.01 Å². The van der Waals surface area contributed by atoms with E-state index in [0.717, 1.165) is 12.5 Å². The van der Waals surface area contributed by atoms with E-state index in [2.05, 4.69) is 20.2 Å². The second kappa shape index (κ2) is 9.61. The second-order valence-electron chi connectivity index (χ2n) is 8.16. The summed E-state index contributed by atoms with van der Waals surface area (Å²) in [6.07, 6.45) is 2.31. The number of aromatic carboxylic acids is 1. The number of carbonyl (C=O) groups is 1.